The molecular weight excluding hydrogens is 328 g/mol. The number of likely N-dealkylation sites (tertiary alicyclic amines) is 2. The second kappa shape index (κ2) is 7.39. The Morgan fingerprint density at radius 1 is 1.08 bits per heavy atom. The average molecular weight is 358 g/mol. The molecule has 142 valence electrons. The van der Waals surface area contributed by atoms with Crippen molar-refractivity contribution in [2.75, 3.05) is 19.6 Å². The third-order valence-corrected chi connectivity index (χ3v) is 5.72. The zero-order chi connectivity index (χ0) is 18.9. The van der Waals surface area contributed by atoms with Crippen LogP contribution in [0.3, 0.4) is 0 Å². The minimum atomic E-state index is -0.814. The molecule has 0 spiro atoms. The Hall–Kier alpha value is -1.88. The van der Waals surface area contributed by atoms with E-state index >= 15 is 0 Å². The smallest absolute Gasteiger partial charge is 0.320 e. The van der Waals surface area contributed by atoms with Gasteiger partial charge in [0.15, 0.2) is 0 Å². The lowest BCUT2D eigenvalue weighted by atomic mass is 9.86. The maximum absolute atomic E-state index is 12.9. The molecule has 2 aliphatic rings. The van der Waals surface area contributed by atoms with Crippen molar-refractivity contribution in [1.82, 2.24) is 9.80 Å². The molecule has 26 heavy (non-hydrogen) atoms. The number of amides is 1. The van der Waals surface area contributed by atoms with Crippen LogP contribution in [0.4, 0.5) is 0 Å². The second-order valence-corrected chi connectivity index (χ2v) is 8.58. The Kier molecular flexibility index (Phi) is 5.37. The summed E-state index contributed by atoms with van der Waals surface area (Å²) in [6.07, 6.45) is 3.46. The van der Waals surface area contributed by atoms with Crippen molar-refractivity contribution in [1.29, 1.82) is 0 Å². The van der Waals surface area contributed by atoms with Crippen molar-refractivity contribution < 1.29 is 14.7 Å². The molecule has 2 heterocycles. The van der Waals surface area contributed by atoms with Gasteiger partial charge in [0, 0.05) is 6.54 Å². The van der Waals surface area contributed by atoms with E-state index in [9.17, 15) is 14.7 Å². The van der Waals surface area contributed by atoms with Crippen LogP contribution in [0.25, 0.3) is 0 Å². The molecule has 2 saturated heterocycles. The molecule has 1 aromatic rings. The van der Waals surface area contributed by atoms with E-state index in [4.69, 9.17) is 0 Å². The molecular formula is C21H30N2O3. The van der Waals surface area contributed by atoms with Crippen molar-refractivity contribution in [2.24, 2.45) is 0 Å². The number of nitrogens with zero attached hydrogens (tertiary/aromatic N) is 2. The van der Waals surface area contributed by atoms with Gasteiger partial charge in [0.2, 0.25) is 5.91 Å². The summed E-state index contributed by atoms with van der Waals surface area (Å²) < 4.78 is 0. The Morgan fingerprint density at radius 2 is 1.73 bits per heavy atom. The summed E-state index contributed by atoms with van der Waals surface area (Å²) in [4.78, 5) is 28.0. The van der Waals surface area contributed by atoms with E-state index in [0.717, 1.165) is 25.8 Å². The van der Waals surface area contributed by atoms with Gasteiger partial charge in [0.1, 0.15) is 6.04 Å². The van der Waals surface area contributed by atoms with E-state index in [1.54, 1.807) is 0 Å². The third-order valence-electron chi connectivity index (χ3n) is 5.72. The number of carboxylic acid groups (broad SMARTS) is 1. The fourth-order valence-electron chi connectivity index (χ4n) is 4.18. The van der Waals surface area contributed by atoms with Gasteiger partial charge in [-0.25, -0.2) is 0 Å². The van der Waals surface area contributed by atoms with E-state index < -0.39 is 12.0 Å². The number of benzene rings is 1. The SMILES string of the molecule is CC(C)(C)c1ccc(C2CCCN2C(=O)CN2CCCC2C(=O)O)cc1. The largest absolute Gasteiger partial charge is 0.480 e. The predicted octanol–water partition coefficient (Wildman–Crippen LogP) is 3.20. The minimum Gasteiger partial charge on any atom is -0.480 e. The van der Waals surface area contributed by atoms with Crippen molar-refractivity contribution in [2.45, 2.75) is 64.0 Å². The Morgan fingerprint density at radius 3 is 2.35 bits per heavy atom. The van der Waals surface area contributed by atoms with Gasteiger partial charge in [-0.2, -0.15) is 0 Å². The van der Waals surface area contributed by atoms with Crippen LogP contribution in [-0.4, -0.2) is 52.5 Å². The summed E-state index contributed by atoms with van der Waals surface area (Å²) in [5, 5.41) is 9.32. The van der Waals surface area contributed by atoms with Crippen LogP contribution in [0.15, 0.2) is 24.3 Å². The molecule has 1 N–H and O–H groups in total. The summed E-state index contributed by atoms with van der Waals surface area (Å²) in [5.41, 5.74) is 2.59. The minimum absolute atomic E-state index is 0.0561. The van der Waals surface area contributed by atoms with Crippen LogP contribution >= 0.6 is 0 Å². The van der Waals surface area contributed by atoms with Gasteiger partial charge in [-0.1, -0.05) is 45.0 Å². The maximum Gasteiger partial charge on any atom is 0.320 e. The van der Waals surface area contributed by atoms with Gasteiger partial charge < -0.3 is 10.0 Å². The highest BCUT2D eigenvalue weighted by molar-refractivity contribution is 5.81. The molecule has 2 aliphatic heterocycles. The molecule has 0 saturated carbocycles. The number of hydrogen-bond acceptors (Lipinski definition) is 3. The fourth-order valence-corrected chi connectivity index (χ4v) is 4.18. The zero-order valence-electron chi connectivity index (χ0n) is 16.1. The van der Waals surface area contributed by atoms with Gasteiger partial charge in [-0.15, -0.1) is 0 Å². The second-order valence-electron chi connectivity index (χ2n) is 8.58. The number of carboxylic acids is 1. The maximum atomic E-state index is 12.9. The molecule has 2 atom stereocenters. The highest BCUT2D eigenvalue weighted by Crippen LogP contribution is 2.33. The molecule has 1 aromatic carbocycles. The zero-order valence-corrected chi connectivity index (χ0v) is 16.1. The quantitative estimate of drug-likeness (QED) is 0.898. The summed E-state index contributed by atoms with van der Waals surface area (Å²) in [5.74, 6) is -0.758. The van der Waals surface area contributed by atoms with Crippen LogP contribution in [0.1, 0.15) is 63.6 Å². The van der Waals surface area contributed by atoms with Gasteiger partial charge in [-0.3, -0.25) is 14.5 Å². The first kappa shape index (κ1) is 18.9. The molecule has 1 amide bonds. The van der Waals surface area contributed by atoms with Crippen molar-refractivity contribution in [3.63, 3.8) is 0 Å². The fraction of sp³-hybridized carbons (Fsp3) is 0.619. The summed E-state index contributed by atoms with van der Waals surface area (Å²) in [6, 6.07) is 8.22. The normalized spacial score (nSPS) is 24.2. The standard InChI is InChI=1S/C21H30N2O3/c1-21(2,3)16-10-8-15(9-11-16)17-6-5-13-23(17)19(24)14-22-12-4-7-18(22)20(25)26/h8-11,17-18H,4-7,12-14H2,1-3H3,(H,25,26). The monoisotopic (exact) mass is 358 g/mol. The van der Waals surface area contributed by atoms with Crippen molar-refractivity contribution in [3.05, 3.63) is 35.4 Å². The summed E-state index contributed by atoms with van der Waals surface area (Å²) in [6.45, 7) is 8.26. The molecule has 2 unspecified atom stereocenters. The number of hydrogen-bond donors (Lipinski definition) is 1. The average Bonchev–Trinajstić information content (AvgIpc) is 3.23. The van der Waals surface area contributed by atoms with E-state index in [0.29, 0.717) is 13.0 Å². The van der Waals surface area contributed by atoms with E-state index in [-0.39, 0.29) is 23.9 Å². The van der Waals surface area contributed by atoms with Crippen LogP contribution < -0.4 is 0 Å². The molecule has 0 bridgehead atoms. The molecule has 0 aliphatic carbocycles. The van der Waals surface area contributed by atoms with E-state index in [1.165, 1.54) is 11.1 Å². The summed E-state index contributed by atoms with van der Waals surface area (Å²) >= 11 is 0. The first-order valence-corrected chi connectivity index (χ1v) is 9.64. The number of carbonyl (C=O) groups excluding carboxylic acids is 1. The highest BCUT2D eigenvalue weighted by Gasteiger charge is 2.35. The summed E-state index contributed by atoms with van der Waals surface area (Å²) in [7, 11) is 0. The molecule has 5 heteroatoms. The van der Waals surface area contributed by atoms with Crippen LogP contribution in [-0.2, 0) is 15.0 Å². The van der Waals surface area contributed by atoms with Crippen LogP contribution in [0, 0.1) is 0 Å². The molecule has 5 nitrogen and oxygen atoms in total. The van der Waals surface area contributed by atoms with E-state index in [1.807, 2.05) is 9.80 Å². The van der Waals surface area contributed by atoms with Gasteiger partial charge >= 0.3 is 5.97 Å². The van der Waals surface area contributed by atoms with Crippen molar-refractivity contribution >= 4 is 11.9 Å². The van der Waals surface area contributed by atoms with E-state index in [2.05, 4.69) is 45.0 Å². The lowest BCUT2D eigenvalue weighted by Crippen LogP contribution is -2.44. The first-order chi connectivity index (χ1) is 12.3. The highest BCUT2D eigenvalue weighted by atomic mass is 16.4. The lowest BCUT2D eigenvalue weighted by Gasteiger charge is -2.29. The molecule has 2 fully saturated rings. The van der Waals surface area contributed by atoms with Crippen molar-refractivity contribution in [3.8, 4) is 0 Å². The number of aliphatic carboxylic acids is 1. The van der Waals surface area contributed by atoms with Crippen LogP contribution in [0.2, 0.25) is 0 Å². The Bertz CT molecular complexity index is 663. The number of carbonyl (C=O) groups is 2. The van der Waals surface area contributed by atoms with Gasteiger partial charge in [-0.05, 0) is 48.8 Å². The molecule has 0 radical (unpaired) electrons. The van der Waals surface area contributed by atoms with Crippen LogP contribution in [0.5, 0.6) is 0 Å². The Balaban J connectivity index is 1.69. The molecule has 3 rings (SSSR count). The Labute approximate surface area is 156 Å². The van der Waals surface area contributed by atoms with Gasteiger partial charge in [0.25, 0.3) is 0 Å². The topological polar surface area (TPSA) is 60.9 Å². The number of rotatable bonds is 4. The lowest BCUT2D eigenvalue weighted by molar-refractivity contribution is -0.143. The third kappa shape index (κ3) is 3.93. The van der Waals surface area contributed by atoms with Gasteiger partial charge in [0.05, 0.1) is 12.6 Å². The molecule has 0 aromatic heterocycles. The predicted molar refractivity (Wildman–Crippen MR) is 101 cm³/mol. The first-order valence-electron chi connectivity index (χ1n) is 9.64.